The van der Waals surface area contributed by atoms with Crippen LogP contribution in [0.4, 0.5) is 11.4 Å². The van der Waals surface area contributed by atoms with E-state index in [0.29, 0.717) is 11.4 Å². The van der Waals surface area contributed by atoms with Crippen molar-refractivity contribution in [3.8, 4) is 0 Å². The first-order valence-electron chi connectivity index (χ1n) is 15.8. The number of rotatable bonds is 4. The number of benzene rings is 9. The van der Waals surface area contributed by atoms with E-state index in [1.807, 2.05) is 48.5 Å². The van der Waals surface area contributed by atoms with Crippen LogP contribution < -0.4 is 11.5 Å². The van der Waals surface area contributed by atoms with Crippen molar-refractivity contribution >= 4 is 85.8 Å². The molecule has 0 atom stereocenters. The first kappa shape index (κ1) is 27.6. The molecule has 47 heavy (non-hydrogen) atoms. The van der Waals surface area contributed by atoms with Crippen LogP contribution in [-0.4, -0.2) is 14.6 Å². The molecule has 9 aromatic carbocycles. The lowest BCUT2D eigenvalue weighted by Gasteiger charge is -2.35. The van der Waals surface area contributed by atoms with E-state index in [1.165, 1.54) is 48.5 Å². The van der Waals surface area contributed by atoms with E-state index >= 15 is 0 Å². The van der Waals surface area contributed by atoms with Gasteiger partial charge in [-0.15, -0.1) is 0 Å². The summed E-state index contributed by atoms with van der Waals surface area (Å²) < 4.78 is 0. The second kappa shape index (κ2) is 10.4. The van der Waals surface area contributed by atoms with Crippen molar-refractivity contribution in [1.29, 1.82) is 0 Å². The molecule has 0 aliphatic carbocycles. The highest BCUT2D eigenvalue weighted by Gasteiger charge is 2.41. The van der Waals surface area contributed by atoms with Gasteiger partial charge in [0.2, 0.25) is 9.76 Å². The van der Waals surface area contributed by atoms with Gasteiger partial charge < -0.3 is 16.3 Å². The molecule has 9 aromatic rings. The maximum Gasteiger partial charge on any atom is 0.246 e. The molecule has 3 nitrogen and oxygen atoms in total. The number of nitrogens with two attached hydrogens (primary N) is 2. The summed E-state index contributed by atoms with van der Waals surface area (Å²) in [5.74, 6) is 0. The van der Waals surface area contributed by atoms with Gasteiger partial charge >= 0.3 is 0 Å². The SMILES string of the molecule is Nc1ccccc1C([Si]O)(c1ccccc1N)c1cccc2cc3cc4ccc5cc6cc7ccccc7cc6cc5c4cc3cc12. The highest BCUT2D eigenvalue weighted by Crippen LogP contribution is 2.46. The molecule has 2 radical (unpaired) electrons. The minimum absolute atomic E-state index is 0.521. The highest BCUT2D eigenvalue weighted by atomic mass is 28.2. The van der Waals surface area contributed by atoms with E-state index in [1.54, 1.807) is 0 Å². The van der Waals surface area contributed by atoms with Gasteiger partial charge in [-0.3, -0.25) is 0 Å². The number of nitrogen functional groups attached to an aromatic ring is 2. The van der Waals surface area contributed by atoms with Crippen LogP contribution >= 0.6 is 0 Å². The summed E-state index contributed by atoms with van der Waals surface area (Å²) in [7, 11) is -0.521. The normalized spacial score (nSPS) is 12.2. The Hall–Kier alpha value is -5.68. The number of fused-ring (bicyclic) bond motifs is 7. The Labute approximate surface area is 274 Å². The molecule has 0 aliphatic rings. The molecule has 0 heterocycles. The fourth-order valence-corrected chi connectivity index (χ4v) is 8.68. The summed E-state index contributed by atoms with van der Waals surface area (Å²) >= 11 is 0. The lowest BCUT2D eigenvalue weighted by atomic mass is 9.79. The second-order valence-electron chi connectivity index (χ2n) is 12.5. The van der Waals surface area contributed by atoms with E-state index in [-0.39, 0.29) is 0 Å². The Bertz CT molecular complexity index is 2670. The third-order valence-corrected chi connectivity index (χ3v) is 11.1. The molecular weight excluding hydrogens is 589 g/mol. The maximum atomic E-state index is 11.5. The molecule has 0 amide bonds. The lowest BCUT2D eigenvalue weighted by Crippen LogP contribution is -2.38. The average Bonchev–Trinajstić information content (AvgIpc) is 3.10. The van der Waals surface area contributed by atoms with Gasteiger partial charge in [0, 0.05) is 11.4 Å². The number of anilines is 2. The largest absolute Gasteiger partial charge is 0.430 e. The zero-order valence-electron chi connectivity index (χ0n) is 25.5. The van der Waals surface area contributed by atoms with Crippen molar-refractivity contribution in [1.82, 2.24) is 0 Å². The summed E-state index contributed by atoms with van der Waals surface area (Å²) in [5, 5.41) is 13.4. The first-order chi connectivity index (χ1) is 23.0. The molecule has 5 N–H and O–H groups in total. The van der Waals surface area contributed by atoms with Crippen molar-refractivity contribution in [3.63, 3.8) is 0 Å². The Morgan fingerprint density at radius 2 is 0.745 bits per heavy atom. The lowest BCUT2D eigenvalue weighted by molar-refractivity contribution is 0.568. The van der Waals surface area contributed by atoms with Gasteiger partial charge in [-0.2, -0.15) is 0 Å². The molecule has 0 unspecified atom stereocenters. The van der Waals surface area contributed by atoms with E-state index < -0.39 is 14.8 Å². The standard InChI is InChI=1S/C43H30N2OSi/c44-41-14-5-3-11-39(41)43(47-46,40-12-4-6-15-42(40)45)38-13-7-10-28-20-32-22-30-17-16-29-21-31-18-26-8-1-2-9-27(26)19-33(31)23-35(29)36(30)24-34(32)25-37(28)38/h1-25,46H,44-45H2. The fourth-order valence-electron chi connectivity index (χ4n) is 7.65. The average molecular weight is 619 g/mol. The van der Waals surface area contributed by atoms with Crippen molar-refractivity contribution in [3.05, 3.63) is 168 Å². The summed E-state index contributed by atoms with van der Waals surface area (Å²) in [6, 6.07) is 53.4. The number of hydrogen-bond acceptors (Lipinski definition) is 3. The van der Waals surface area contributed by atoms with Crippen LogP contribution in [0, 0.1) is 0 Å². The van der Waals surface area contributed by atoms with Gasteiger partial charge in [-0.1, -0.05) is 91.0 Å². The monoisotopic (exact) mass is 618 g/mol. The summed E-state index contributed by atoms with van der Waals surface area (Å²) in [4.78, 5) is 11.5. The predicted octanol–water partition coefficient (Wildman–Crippen LogP) is 9.67. The summed E-state index contributed by atoms with van der Waals surface area (Å²) in [6.45, 7) is 0. The molecule has 222 valence electrons. The van der Waals surface area contributed by atoms with E-state index in [4.69, 9.17) is 11.5 Å². The van der Waals surface area contributed by atoms with Gasteiger partial charge in [0.05, 0.1) is 5.04 Å². The Balaban J connectivity index is 1.34. The van der Waals surface area contributed by atoms with Crippen molar-refractivity contribution in [2.45, 2.75) is 5.04 Å². The molecule has 0 aliphatic heterocycles. The molecular formula is C43H30N2OSi. The molecule has 0 saturated heterocycles. The van der Waals surface area contributed by atoms with E-state index in [0.717, 1.165) is 32.8 Å². The van der Waals surface area contributed by atoms with E-state index in [9.17, 15) is 4.80 Å². The number of para-hydroxylation sites is 2. The fraction of sp³-hybridized carbons (Fsp3) is 0.0233. The Kier molecular flexibility index (Phi) is 6.13. The third-order valence-electron chi connectivity index (χ3n) is 9.91. The third kappa shape index (κ3) is 4.16. The van der Waals surface area contributed by atoms with Gasteiger partial charge in [0.25, 0.3) is 0 Å². The summed E-state index contributed by atoms with van der Waals surface area (Å²) in [6.07, 6.45) is 0. The second-order valence-corrected chi connectivity index (χ2v) is 13.5. The van der Waals surface area contributed by atoms with Crippen LogP contribution in [0.5, 0.6) is 0 Å². The van der Waals surface area contributed by atoms with Crippen LogP contribution in [-0.2, 0) is 5.04 Å². The minimum atomic E-state index is -0.949. The Morgan fingerprint density at radius 3 is 1.28 bits per heavy atom. The quantitative estimate of drug-likeness (QED) is 0.0605. The van der Waals surface area contributed by atoms with Crippen molar-refractivity contribution in [2.24, 2.45) is 0 Å². The summed E-state index contributed by atoms with van der Waals surface area (Å²) in [5.41, 5.74) is 17.3. The maximum absolute atomic E-state index is 11.5. The zero-order valence-corrected chi connectivity index (χ0v) is 26.5. The van der Waals surface area contributed by atoms with Gasteiger partial charge in [-0.25, -0.2) is 0 Å². The van der Waals surface area contributed by atoms with Gasteiger partial charge in [0.1, 0.15) is 0 Å². The smallest absolute Gasteiger partial charge is 0.246 e. The van der Waals surface area contributed by atoms with Crippen molar-refractivity contribution in [2.75, 3.05) is 11.5 Å². The van der Waals surface area contributed by atoms with E-state index in [2.05, 4.69) is 103 Å². The van der Waals surface area contributed by atoms with Crippen LogP contribution in [0.15, 0.2) is 152 Å². The molecule has 4 heteroatoms. The predicted molar refractivity (Wildman–Crippen MR) is 201 cm³/mol. The zero-order chi connectivity index (χ0) is 31.7. The van der Waals surface area contributed by atoms with Crippen LogP contribution in [0.1, 0.15) is 16.7 Å². The van der Waals surface area contributed by atoms with Crippen LogP contribution in [0.3, 0.4) is 0 Å². The van der Waals surface area contributed by atoms with Crippen LogP contribution in [0.2, 0.25) is 0 Å². The molecule has 0 spiro atoms. The molecule has 0 bridgehead atoms. The van der Waals surface area contributed by atoms with Crippen molar-refractivity contribution < 1.29 is 4.80 Å². The molecule has 0 fully saturated rings. The van der Waals surface area contributed by atoms with Gasteiger partial charge in [0.15, 0.2) is 0 Å². The van der Waals surface area contributed by atoms with Crippen LogP contribution in [0.25, 0.3) is 64.6 Å². The topological polar surface area (TPSA) is 72.3 Å². The molecule has 9 rings (SSSR count). The Morgan fingerprint density at radius 1 is 0.362 bits per heavy atom. The highest BCUT2D eigenvalue weighted by molar-refractivity contribution is 6.36. The first-order valence-corrected chi connectivity index (χ1v) is 16.8. The van der Waals surface area contributed by atoms with Gasteiger partial charge in [-0.05, 0) is 142 Å². The molecule has 0 saturated carbocycles. The minimum Gasteiger partial charge on any atom is -0.430 e. The number of hydrogen-bond donors (Lipinski definition) is 3. The molecule has 0 aromatic heterocycles.